The van der Waals surface area contributed by atoms with Crippen molar-refractivity contribution in [1.29, 1.82) is 0 Å². The van der Waals surface area contributed by atoms with Crippen molar-refractivity contribution in [2.24, 2.45) is 40.4 Å². The summed E-state index contributed by atoms with van der Waals surface area (Å²) < 4.78 is 5.52. The average Bonchev–Trinajstić information content (AvgIpc) is 2.76. The van der Waals surface area contributed by atoms with Gasteiger partial charge in [0.15, 0.2) is 0 Å². The molecule has 7 atom stereocenters. The summed E-state index contributed by atoms with van der Waals surface area (Å²) in [5.74, 6) is 4.16. The van der Waals surface area contributed by atoms with Gasteiger partial charge in [-0.1, -0.05) is 20.8 Å². The van der Waals surface area contributed by atoms with Gasteiger partial charge in [-0.2, -0.15) is 0 Å². The number of esters is 1. The minimum atomic E-state index is 0.0473. The molecule has 0 N–H and O–H groups in total. The molecule has 0 aromatic heterocycles. The third kappa shape index (κ3) is 1.80. The van der Waals surface area contributed by atoms with Gasteiger partial charge < -0.3 is 4.74 Å². The van der Waals surface area contributed by atoms with Gasteiger partial charge in [0, 0.05) is 11.8 Å². The average molecular weight is 290 g/mol. The van der Waals surface area contributed by atoms with Crippen LogP contribution in [0.25, 0.3) is 0 Å². The van der Waals surface area contributed by atoms with E-state index in [1.54, 1.807) is 0 Å². The summed E-state index contributed by atoms with van der Waals surface area (Å²) in [6.07, 6.45) is 8.94. The van der Waals surface area contributed by atoms with E-state index in [-0.39, 0.29) is 11.4 Å². The number of hydrogen-bond donors (Lipinski definition) is 0. The molecule has 4 fully saturated rings. The van der Waals surface area contributed by atoms with Crippen LogP contribution < -0.4 is 0 Å². The first-order valence-corrected chi connectivity index (χ1v) is 9.11. The quantitative estimate of drug-likeness (QED) is 0.617. The van der Waals surface area contributed by atoms with Crippen molar-refractivity contribution in [3.05, 3.63) is 0 Å². The lowest BCUT2D eigenvalue weighted by atomic mass is 9.46. The highest BCUT2D eigenvalue weighted by atomic mass is 16.5. The summed E-state index contributed by atoms with van der Waals surface area (Å²) in [6, 6.07) is 0. The van der Waals surface area contributed by atoms with Gasteiger partial charge in [-0.3, -0.25) is 4.79 Å². The predicted octanol–water partition coefficient (Wildman–Crippen LogP) is 4.43. The highest BCUT2D eigenvalue weighted by molar-refractivity contribution is 5.70. The van der Waals surface area contributed by atoms with Crippen molar-refractivity contribution >= 4 is 5.97 Å². The van der Waals surface area contributed by atoms with Crippen molar-refractivity contribution in [1.82, 2.24) is 0 Å². The largest absolute Gasteiger partial charge is 0.465 e. The van der Waals surface area contributed by atoms with Crippen LogP contribution in [0.15, 0.2) is 0 Å². The minimum Gasteiger partial charge on any atom is -0.465 e. The topological polar surface area (TPSA) is 26.3 Å². The fourth-order valence-electron chi connectivity index (χ4n) is 6.85. The molecule has 4 rings (SSSR count). The van der Waals surface area contributed by atoms with Gasteiger partial charge in [-0.15, -0.1) is 0 Å². The molecule has 0 spiro atoms. The maximum absolute atomic E-state index is 11.7. The number of rotatable bonds is 0. The third-order valence-electron chi connectivity index (χ3n) is 8.50. The SMILES string of the molecule is CC1CC[C@H]2[C@@H]3CCC4CC(=O)OC[C@]4(C)[C@@H]3CC[C@]12C. The Morgan fingerprint density at radius 1 is 1.00 bits per heavy atom. The van der Waals surface area contributed by atoms with Crippen LogP contribution in [0.5, 0.6) is 0 Å². The summed E-state index contributed by atoms with van der Waals surface area (Å²) in [6.45, 7) is 8.18. The van der Waals surface area contributed by atoms with Gasteiger partial charge in [-0.05, 0) is 73.5 Å². The molecule has 2 unspecified atom stereocenters. The standard InChI is InChI=1S/C19H30O2/c1-12-4-7-15-14-6-5-13-10-17(20)21-11-19(13,3)16(14)8-9-18(12,15)2/h12-16H,4-11H2,1-3H3/t12?,13?,14-,15-,16+,18+,19-/m0/s1. The van der Waals surface area contributed by atoms with E-state index in [9.17, 15) is 4.79 Å². The fourth-order valence-corrected chi connectivity index (χ4v) is 6.85. The van der Waals surface area contributed by atoms with Gasteiger partial charge >= 0.3 is 5.97 Å². The lowest BCUT2D eigenvalue weighted by Crippen LogP contribution is -2.55. The fraction of sp³-hybridized carbons (Fsp3) is 0.947. The van der Waals surface area contributed by atoms with E-state index >= 15 is 0 Å². The zero-order chi connectivity index (χ0) is 14.8. The van der Waals surface area contributed by atoms with E-state index in [0.29, 0.717) is 24.4 Å². The Bertz CT molecular complexity index is 458. The molecule has 0 bridgehead atoms. The highest BCUT2D eigenvalue weighted by Crippen LogP contribution is 2.66. The monoisotopic (exact) mass is 290 g/mol. The molecule has 0 amide bonds. The van der Waals surface area contributed by atoms with Crippen LogP contribution in [-0.4, -0.2) is 12.6 Å². The minimum absolute atomic E-state index is 0.0473. The molecule has 3 aliphatic carbocycles. The molecule has 0 aromatic carbocycles. The molecule has 1 heterocycles. The molecular formula is C19H30O2. The van der Waals surface area contributed by atoms with Gasteiger partial charge in [0.25, 0.3) is 0 Å². The Morgan fingerprint density at radius 2 is 1.76 bits per heavy atom. The van der Waals surface area contributed by atoms with E-state index in [1.807, 2.05) is 0 Å². The van der Waals surface area contributed by atoms with E-state index in [0.717, 1.165) is 23.7 Å². The number of hydrogen-bond acceptors (Lipinski definition) is 2. The lowest BCUT2D eigenvalue weighted by Gasteiger charge is -2.59. The van der Waals surface area contributed by atoms with Crippen LogP contribution in [0.3, 0.4) is 0 Å². The summed E-state index contributed by atoms with van der Waals surface area (Å²) in [5.41, 5.74) is 0.861. The Balaban J connectivity index is 1.64. The third-order valence-corrected chi connectivity index (χ3v) is 8.50. The summed E-state index contributed by atoms with van der Waals surface area (Å²) in [4.78, 5) is 11.7. The van der Waals surface area contributed by atoms with Gasteiger partial charge in [0.05, 0.1) is 6.61 Å². The molecule has 2 nitrogen and oxygen atoms in total. The van der Waals surface area contributed by atoms with Crippen LogP contribution in [-0.2, 0) is 9.53 Å². The maximum Gasteiger partial charge on any atom is 0.306 e. The molecule has 118 valence electrons. The summed E-state index contributed by atoms with van der Waals surface area (Å²) in [7, 11) is 0. The smallest absolute Gasteiger partial charge is 0.306 e. The van der Waals surface area contributed by atoms with Gasteiger partial charge in [0.1, 0.15) is 0 Å². The van der Waals surface area contributed by atoms with E-state index in [4.69, 9.17) is 4.74 Å². The van der Waals surface area contributed by atoms with Crippen LogP contribution >= 0.6 is 0 Å². The van der Waals surface area contributed by atoms with Crippen LogP contribution in [0, 0.1) is 40.4 Å². The number of cyclic esters (lactones) is 1. The molecule has 3 saturated carbocycles. The summed E-state index contributed by atoms with van der Waals surface area (Å²) in [5, 5.41) is 0. The van der Waals surface area contributed by atoms with Gasteiger partial charge in [-0.25, -0.2) is 0 Å². The Kier molecular flexibility index (Phi) is 3.01. The Hall–Kier alpha value is -0.530. The number of fused-ring (bicyclic) bond motifs is 5. The first kappa shape index (κ1) is 14.1. The maximum atomic E-state index is 11.7. The first-order chi connectivity index (χ1) is 9.95. The second-order valence-electron chi connectivity index (χ2n) is 9.04. The molecule has 2 heteroatoms. The van der Waals surface area contributed by atoms with Gasteiger partial charge in [0.2, 0.25) is 0 Å². The molecule has 1 saturated heterocycles. The molecule has 21 heavy (non-hydrogen) atoms. The van der Waals surface area contributed by atoms with Crippen LogP contribution in [0.4, 0.5) is 0 Å². The van der Waals surface area contributed by atoms with Crippen molar-refractivity contribution in [2.45, 2.75) is 65.7 Å². The number of carbonyl (C=O) groups is 1. The number of ether oxygens (including phenoxy) is 1. The van der Waals surface area contributed by atoms with Crippen molar-refractivity contribution in [2.75, 3.05) is 6.61 Å². The van der Waals surface area contributed by atoms with Crippen molar-refractivity contribution in [3.8, 4) is 0 Å². The second kappa shape index (κ2) is 4.49. The van der Waals surface area contributed by atoms with Crippen molar-refractivity contribution in [3.63, 3.8) is 0 Å². The van der Waals surface area contributed by atoms with E-state index in [1.165, 1.54) is 38.5 Å². The van der Waals surface area contributed by atoms with Crippen molar-refractivity contribution < 1.29 is 9.53 Å². The molecule has 0 radical (unpaired) electrons. The zero-order valence-corrected chi connectivity index (χ0v) is 13.9. The van der Waals surface area contributed by atoms with E-state index in [2.05, 4.69) is 20.8 Å². The zero-order valence-electron chi connectivity index (χ0n) is 13.9. The molecule has 4 aliphatic rings. The first-order valence-electron chi connectivity index (χ1n) is 9.11. The Labute approximate surface area is 129 Å². The van der Waals surface area contributed by atoms with E-state index < -0.39 is 0 Å². The predicted molar refractivity (Wildman–Crippen MR) is 82.6 cm³/mol. The number of carbonyl (C=O) groups excluding carboxylic acids is 1. The highest BCUT2D eigenvalue weighted by Gasteiger charge is 2.59. The molecule has 0 aromatic rings. The lowest BCUT2D eigenvalue weighted by molar-refractivity contribution is -0.180. The molecule has 1 aliphatic heterocycles. The second-order valence-corrected chi connectivity index (χ2v) is 9.04. The Morgan fingerprint density at radius 3 is 2.57 bits per heavy atom. The molecular weight excluding hydrogens is 260 g/mol. The summed E-state index contributed by atoms with van der Waals surface area (Å²) >= 11 is 0. The van der Waals surface area contributed by atoms with Crippen LogP contribution in [0.2, 0.25) is 0 Å². The van der Waals surface area contributed by atoms with Crippen LogP contribution in [0.1, 0.15) is 65.7 Å². The normalized spacial score (nSPS) is 56.1.